The number of carbonyl (C=O) groups excluding carboxylic acids is 4. The van der Waals surface area contributed by atoms with Crippen molar-refractivity contribution in [3.63, 3.8) is 0 Å². The Morgan fingerprint density at radius 3 is 2.57 bits per heavy atom. The number of nitrogens with one attached hydrogen (secondary N) is 8. The maximum atomic E-state index is 13.3. The first kappa shape index (κ1) is 45.6. The van der Waals surface area contributed by atoms with Gasteiger partial charge in [-0.1, -0.05) is 6.42 Å². The molecule has 0 saturated carbocycles. The van der Waals surface area contributed by atoms with Crippen LogP contribution in [0.4, 0.5) is 15.4 Å². The van der Waals surface area contributed by atoms with Gasteiger partial charge in [-0.2, -0.15) is 11.8 Å². The van der Waals surface area contributed by atoms with E-state index in [0.717, 1.165) is 42.3 Å². The van der Waals surface area contributed by atoms with E-state index in [2.05, 4.69) is 51.9 Å². The lowest BCUT2D eigenvalue weighted by molar-refractivity contribution is -0.122. The summed E-state index contributed by atoms with van der Waals surface area (Å²) in [4.78, 5) is 72.7. The number of nitrogens with zero attached hydrogens (tertiary/aromatic N) is 3. The van der Waals surface area contributed by atoms with Gasteiger partial charge in [-0.25, -0.2) is 33.5 Å². The molecule has 4 saturated heterocycles. The minimum atomic E-state index is -4.19. The lowest BCUT2D eigenvalue weighted by Gasteiger charge is -2.22. The molecule has 2 aromatic heterocycles. The zero-order valence-electron chi connectivity index (χ0n) is 33.1. The van der Waals surface area contributed by atoms with Crippen molar-refractivity contribution in [2.75, 3.05) is 70.3 Å². The minimum absolute atomic E-state index is 0.00651. The van der Waals surface area contributed by atoms with E-state index in [1.165, 1.54) is 0 Å². The highest BCUT2D eigenvalue weighted by Gasteiger charge is 2.47. The average Bonchev–Trinajstić information content (AvgIpc) is 4.05. The molecule has 6 rings (SSSR count). The van der Waals surface area contributed by atoms with Crippen LogP contribution < -0.4 is 42.7 Å². The van der Waals surface area contributed by atoms with Crippen LogP contribution in [0.2, 0.25) is 0 Å². The Bertz CT molecular complexity index is 1900. The number of imidazole rings is 1. The maximum Gasteiger partial charge on any atom is 0.435 e. The monoisotopic (exact) mass is 887 g/mol. The number of urea groups is 2. The number of aromatic amines is 1. The molecule has 0 aromatic carbocycles. The number of amides is 6. The Kier molecular flexibility index (Phi) is 16.5. The predicted octanol–water partition coefficient (Wildman–Crippen LogP) is -1.24. The Hall–Kier alpha value is -3.91. The third-order valence-corrected chi connectivity index (χ3v) is 13.3. The number of hydrogen-bond acceptors (Lipinski definition) is 17. The normalized spacial score (nSPS) is 26.9. The lowest BCUT2D eigenvalue weighted by atomic mass is 10.0. The lowest BCUT2D eigenvalue weighted by Crippen LogP contribution is -2.40. The molecular formula is C34H54N11O13PS. The van der Waals surface area contributed by atoms with E-state index in [1.807, 2.05) is 11.8 Å². The van der Waals surface area contributed by atoms with Crippen molar-refractivity contribution in [1.82, 2.24) is 51.2 Å². The molecule has 26 heteroatoms. The number of ether oxygens (including phenoxy) is 3. The number of rotatable bonds is 23. The topological polar surface area (TPSA) is 320 Å². The molecule has 0 radical (unpaired) electrons. The molecule has 4 aliphatic heterocycles. The molecular weight excluding hydrogens is 833 g/mol. The number of aliphatic hydroxyl groups excluding tert-OH is 2. The van der Waals surface area contributed by atoms with Gasteiger partial charge in [0.1, 0.15) is 30.2 Å². The van der Waals surface area contributed by atoms with E-state index in [-0.39, 0.29) is 74.0 Å². The Labute approximate surface area is 348 Å². The van der Waals surface area contributed by atoms with Gasteiger partial charge >= 0.3 is 25.5 Å². The van der Waals surface area contributed by atoms with Crippen LogP contribution in [0.15, 0.2) is 11.1 Å². The molecule has 334 valence electrons. The number of unbranched alkanes of at least 4 members (excludes halogenated alkanes) is 1. The summed E-state index contributed by atoms with van der Waals surface area (Å²) < 4.78 is 41.7. The third-order valence-electron chi connectivity index (χ3n) is 10.2. The van der Waals surface area contributed by atoms with Crippen LogP contribution in [0.3, 0.4) is 0 Å². The summed E-state index contributed by atoms with van der Waals surface area (Å²) in [7, 11) is -4.19. The van der Waals surface area contributed by atoms with Crippen LogP contribution in [0.5, 0.6) is 0 Å². The van der Waals surface area contributed by atoms with E-state index >= 15 is 0 Å². The summed E-state index contributed by atoms with van der Waals surface area (Å²) in [5.41, 5.74) is -0.856. The summed E-state index contributed by atoms with van der Waals surface area (Å²) in [6.07, 6.45) is -0.596. The fourth-order valence-electron chi connectivity index (χ4n) is 7.25. The number of thioether (sulfide) groups is 1. The quantitative estimate of drug-likeness (QED) is 0.0355. The molecule has 24 nitrogen and oxygen atoms in total. The fourth-order valence-corrected chi connectivity index (χ4v) is 10.1. The van der Waals surface area contributed by atoms with Crippen molar-refractivity contribution >= 4 is 60.4 Å². The van der Waals surface area contributed by atoms with Crippen LogP contribution in [0.1, 0.15) is 51.7 Å². The predicted molar refractivity (Wildman–Crippen MR) is 214 cm³/mol. The highest BCUT2D eigenvalue weighted by atomic mass is 32.2. The van der Waals surface area contributed by atoms with Crippen molar-refractivity contribution in [1.29, 1.82) is 0 Å². The summed E-state index contributed by atoms with van der Waals surface area (Å²) in [6.45, 7) is 3.07. The molecule has 4 aliphatic rings. The van der Waals surface area contributed by atoms with Gasteiger partial charge in [0.2, 0.25) is 11.8 Å². The molecule has 9 atom stereocenters. The van der Waals surface area contributed by atoms with Gasteiger partial charge < -0.3 is 56.0 Å². The number of anilines is 1. The zero-order chi connectivity index (χ0) is 42.6. The van der Waals surface area contributed by atoms with Gasteiger partial charge in [0.25, 0.3) is 0 Å². The van der Waals surface area contributed by atoms with Crippen molar-refractivity contribution in [3.05, 3.63) is 16.8 Å². The van der Waals surface area contributed by atoms with Crippen molar-refractivity contribution in [3.8, 4) is 0 Å². The molecule has 60 heavy (non-hydrogen) atoms. The van der Waals surface area contributed by atoms with Crippen molar-refractivity contribution in [2.45, 2.75) is 93.4 Å². The molecule has 6 amide bonds. The van der Waals surface area contributed by atoms with Gasteiger partial charge in [0.05, 0.1) is 57.8 Å². The van der Waals surface area contributed by atoms with Crippen LogP contribution in [-0.4, -0.2) is 160 Å². The first-order valence-electron chi connectivity index (χ1n) is 20.0. The van der Waals surface area contributed by atoms with E-state index in [1.54, 1.807) is 6.92 Å². The molecule has 0 bridgehead atoms. The number of H-pyrrole nitrogens is 1. The highest BCUT2D eigenvalue weighted by Crippen LogP contribution is 2.45. The third kappa shape index (κ3) is 11.9. The minimum Gasteiger partial charge on any atom is -0.387 e. The second-order valence-corrected chi connectivity index (χ2v) is 17.4. The van der Waals surface area contributed by atoms with E-state index in [9.17, 15) is 38.8 Å². The van der Waals surface area contributed by atoms with Gasteiger partial charge in [-0.15, -0.1) is 0 Å². The Morgan fingerprint density at radius 2 is 1.82 bits per heavy atom. The molecule has 4 unspecified atom stereocenters. The van der Waals surface area contributed by atoms with E-state index < -0.39 is 62.6 Å². The van der Waals surface area contributed by atoms with Gasteiger partial charge in [-0.3, -0.25) is 29.0 Å². The maximum absolute atomic E-state index is 13.3. The highest BCUT2D eigenvalue weighted by molar-refractivity contribution is 8.00. The van der Waals surface area contributed by atoms with Crippen LogP contribution in [0.25, 0.3) is 11.2 Å². The molecule has 0 aliphatic carbocycles. The standard InChI is InChI=1S/C34H54N11O13PS/c1-2-56-59(53,44-30(49)19-6-5-9-35-19)57-16-21-26(47)27(48)31(58-21)45-29-25(42-34(45)52)28(38-18-39-29)43-32(50)37-11-13-55-15-14-54-12-10-36-23(46)8-4-3-7-22-24-20(17-60-22)40-33(51)41-24/h18-22,24,26-27,31,35,47-48H,2-17H2,1H3,(H,36,46)(H,42,52)(H2,40,41,51)(H,44,49,53)(H2,37,38,39,43,50)/t19-,20?,21-,22?,24?,26-,27-,31-,59?/m1/s1. The largest absolute Gasteiger partial charge is 0.435 e. The number of aliphatic hydroxyl groups is 2. The zero-order valence-corrected chi connectivity index (χ0v) is 34.8. The Balaban J connectivity index is 0.854. The molecule has 4 fully saturated rings. The van der Waals surface area contributed by atoms with Gasteiger partial charge in [0, 0.05) is 30.5 Å². The summed E-state index contributed by atoms with van der Waals surface area (Å²) in [6, 6.07) is -0.953. The van der Waals surface area contributed by atoms with Gasteiger partial charge in [0.15, 0.2) is 17.7 Å². The van der Waals surface area contributed by atoms with Crippen LogP contribution in [-0.2, 0) is 37.4 Å². The average molecular weight is 888 g/mol. The Morgan fingerprint density at radius 1 is 1.03 bits per heavy atom. The molecule has 6 heterocycles. The van der Waals surface area contributed by atoms with Gasteiger partial charge in [-0.05, 0) is 39.2 Å². The van der Waals surface area contributed by atoms with Crippen LogP contribution in [0, 0.1) is 0 Å². The molecule has 10 N–H and O–H groups in total. The van der Waals surface area contributed by atoms with Crippen molar-refractivity contribution in [2.24, 2.45) is 0 Å². The summed E-state index contributed by atoms with van der Waals surface area (Å²) >= 11 is 1.86. The van der Waals surface area contributed by atoms with E-state index in [4.69, 9.17) is 23.3 Å². The second kappa shape index (κ2) is 21.7. The summed E-state index contributed by atoms with van der Waals surface area (Å²) in [5.74, 6) is 0.246. The first-order chi connectivity index (χ1) is 29.0. The number of carbonyl (C=O) groups is 4. The van der Waals surface area contributed by atoms with E-state index in [0.29, 0.717) is 37.8 Å². The SMILES string of the molecule is CCOP(=O)(NC(=O)[C@H]1CCCN1)OC[C@H]1O[C@@H](n2c(=O)[nH]c3c(NC(=O)NCCOCCOCCNC(=O)CCCCC4SCC5NC(=O)NC54)ncnc32)[C@H](O)[C@@H]1O. The number of fused-ring (bicyclic) bond motifs is 2. The molecule has 0 spiro atoms. The summed E-state index contributed by atoms with van der Waals surface area (Å²) in [5, 5.41) is 41.2. The molecule has 2 aromatic rings. The number of aromatic nitrogens is 4. The smallest absolute Gasteiger partial charge is 0.387 e. The van der Waals surface area contributed by atoms with Crippen LogP contribution >= 0.6 is 19.5 Å². The fraction of sp³-hybridized carbons (Fsp3) is 0.735. The van der Waals surface area contributed by atoms with Crippen molar-refractivity contribution < 1.29 is 57.2 Å². The number of hydrogen-bond donors (Lipinski definition) is 10. The second-order valence-electron chi connectivity index (χ2n) is 14.4. The first-order valence-corrected chi connectivity index (χ1v) is 22.6.